The van der Waals surface area contributed by atoms with E-state index in [0.29, 0.717) is 18.8 Å². The van der Waals surface area contributed by atoms with Crippen LogP contribution < -0.4 is 5.32 Å². The molecule has 30 heavy (non-hydrogen) atoms. The summed E-state index contributed by atoms with van der Waals surface area (Å²) in [6.45, 7) is 4.52. The van der Waals surface area contributed by atoms with Crippen LogP contribution in [0.5, 0.6) is 0 Å². The Kier molecular flexibility index (Phi) is 5.80. The second kappa shape index (κ2) is 8.82. The van der Waals surface area contributed by atoms with E-state index in [-0.39, 0.29) is 5.92 Å². The van der Waals surface area contributed by atoms with Crippen molar-refractivity contribution in [3.05, 3.63) is 83.9 Å². The number of carbonyl (C=O) groups is 1. The van der Waals surface area contributed by atoms with E-state index in [9.17, 15) is 4.79 Å². The molecule has 2 aromatic heterocycles. The van der Waals surface area contributed by atoms with Gasteiger partial charge < -0.3 is 10.1 Å². The molecule has 0 aliphatic rings. The molecular formula is C25H24N4O. The van der Waals surface area contributed by atoms with E-state index in [1.54, 1.807) is 18.5 Å². The summed E-state index contributed by atoms with van der Waals surface area (Å²) in [4.78, 5) is 24.6. The number of fused-ring (bicyclic) bond motifs is 1. The third kappa shape index (κ3) is 4.35. The lowest BCUT2D eigenvalue weighted by atomic mass is 9.97. The van der Waals surface area contributed by atoms with Crippen LogP contribution in [0.3, 0.4) is 0 Å². The van der Waals surface area contributed by atoms with Crippen LogP contribution in [0.1, 0.15) is 23.9 Å². The average Bonchev–Trinajstić information content (AvgIpc) is 2.78. The predicted octanol–water partition coefficient (Wildman–Crippen LogP) is 4.99. The summed E-state index contributed by atoms with van der Waals surface area (Å²) in [5.74, 6) is 1.38. The van der Waals surface area contributed by atoms with Crippen molar-refractivity contribution in [1.29, 1.82) is 0 Å². The fraction of sp³-hybridized carbons (Fsp3) is 0.200. The van der Waals surface area contributed by atoms with Crippen LogP contribution >= 0.6 is 0 Å². The zero-order chi connectivity index (χ0) is 20.9. The molecule has 0 saturated carbocycles. The van der Waals surface area contributed by atoms with Crippen molar-refractivity contribution in [3.8, 4) is 11.1 Å². The molecule has 0 spiro atoms. The zero-order valence-corrected chi connectivity index (χ0v) is 17.2. The molecule has 0 fully saturated rings. The number of aromatic nitrogens is 3. The lowest BCUT2D eigenvalue weighted by Gasteiger charge is -2.14. The molecule has 4 rings (SSSR count). The Morgan fingerprint density at radius 3 is 2.60 bits per heavy atom. The maximum absolute atomic E-state index is 11.3. The van der Waals surface area contributed by atoms with Crippen LogP contribution in [0.25, 0.3) is 22.0 Å². The number of rotatable bonds is 7. The second-order valence-electron chi connectivity index (χ2n) is 7.55. The lowest BCUT2D eigenvalue weighted by molar-refractivity contribution is -0.110. The molecule has 2 aromatic carbocycles. The van der Waals surface area contributed by atoms with Gasteiger partial charge >= 0.3 is 0 Å². The van der Waals surface area contributed by atoms with Crippen LogP contribution in [0.15, 0.2) is 67.0 Å². The maximum Gasteiger partial charge on any atom is 0.147 e. The van der Waals surface area contributed by atoms with E-state index in [4.69, 9.17) is 4.98 Å². The minimum atomic E-state index is -0.0858. The first-order chi connectivity index (χ1) is 14.6. The van der Waals surface area contributed by atoms with Gasteiger partial charge in [-0.05, 0) is 59.9 Å². The molecule has 5 nitrogen and oxygen atoms in total. The summed E-state index contributed by atoms with van der Waals surface area (Å²) in [6.07, 6.45) is 5.05. The smallest absolute Gasteiger partial charge is 0.147 e. The summed E-state index contributed by atoms with van der Waals surface area (Å²) >= 11 is 0. The fourth-order valence-electron chi connectivity index (χ4n) is 3.57. The van der Waals surface area contributed by atoms with Gasteiger partial charge in [-0.15, -0.1) is 0 Å². The van der Waals surface area contributed by atoms with Crippen molar-refractivity contribution in [3.63, 3.8) is 0 Å². The van der Waals surface area contributed by atoms with Crippen LogP contribution in [-0.2, 0) is 17.8 Å². The Balaban J connectivity index is 1.73. The number of pyridine rings is 1. The molecule has 0 radical (unpaired) electrons. The minimum Gasteiger partial charge on any atom is -0.363 e. The first-order valence-electron chi connectivity index (χ1n) is 10.1. The Morgan fingerprint density at radius 1 is 1.03 bits per heavy atom. The monoisotopic (exact) mass is 396 g/mol. The van der Waals surface area contributed by atoms with Gasteiger partial charge in [0.2, 0.25) is 0 Å². The molecular weight excluding hydrogens is 372 g/mol. The third-order valence-electron chi connectivity index (χ3n) is 5.16. The van der Waals surface area contributed by atoms with Gasteiger partial charge in [0.1, 0.15) is 17.9 Å². The number of carbonyl (C=O) groups excluding carboxylic acids is 1. The van der Waals surface area contributed by atoms with Crippen LogP contribution in [0.4, 0.5) is 5.82 Å². The number of nitrogens with one attached hydrogen (secondary N) is 1. The number of hydrogen-bond acceptors (Lipinski definition) is 5. The van der Waals surface area contributed by atoms with Gasteiger partial charge in [0.05, 0.1) is 12.1 Å². The van der Waals surface area contributed by atoms with Gasteiger partial charge in [-0.2, -0.15) is 0 Å². The molecule has 0 aliphatic heterocycles. The van der Waals surface area contributed by atoms with E-state index < -0.39 is 0 Å². The Hall–Kier alpha value is -3.60. The molecule has 5 heteroatoms. The summed E-state index contributed by atoms with van der Waals surface area (Å²) in [5, 5.41) is 4.42. The van der Waals surface area contributed by atoms with E-state index >= 15 is 0 Å². The minimum absolute atomic E-state index is 0.0858. The first kappa shape index (κ1) is 19.7. The molecule has 1 N–H and O–H groups in total. The topological polar surface area (TPSA) is 67.8 Å². The third-order valence-corrected chi connectivity index (χ3v) is 5.16. The van der Waals surface area contributed by atoms with Gasteiger partial charge in [0, 0.05) is 23.7 Å². The summed E-state index contributed by atoms with van der Waals surface area (Å²) in [7, 11) is 0. The number of hydrogen-bond donors (Lipinski definition) is 1. The largest absolute Gasteiger partial charge is 0.363 e. The highest BCUT2D eigenvalue weighted by Crippen LogP contribution is 2.29. The number of nitrogens with zero attached hydrogens (tertiary/aromatic N) is 3. The Morgan fingerprint density at radius 2 is 1.83 bits per heavy atom. The van der Waals surface area contributed by atoms with Gasteiger partial charge in [-0.1, -0.05) is 37.3 Å². The molecule has 1 atom stereocenters. The molecule has 0 unspecified atom stereocenters. The normalized spacial score (nSPS) is 11.9. The van der Waals surface area contributed by atoms with Crippen molar-refractivity contribution < 1.29 is 4.79 Å². The van der Waals surface area contributed by atoms with Gasteiger partial charge in [-0.25, -0.2) is 15.0 Å². The van der Waals surface area contributed by atoms with Crippen molar-refractivity contribution >= 4 is 23.0 Å². The standard InChI is InChI=1S/C25H24N4O/c1-17(16-30)12-21-14-20-13-19(22-7-4-3-6-18(22)2)8-9-23(20)29-25(21)28-15-24-26-10-5-11-27-24/h3-11,13-14,16-17H,12,15H2,1-2H3,(H,28,29)/t17-/m1/s1. The molecule has 4 aromatic rings. The highest BCUT2D eigenvalue weighted by molar-refractivity contribution is 5.87. The highest BCUT2D eigenvalue weighted by Gasteiger charge is 2.12. The van der Waals surface area contributed by atoms with Crippen LogP contribution in [-0.4, -0.2) is 21.2 Å². The molecule has 0 amide bonds. The summed E-state index contributed by atoms with van der Waals surface area (Å²) in [5.41, 5.74) is 5.54. The lowest BCUT2D eigenvalue weighted by Crippen LogP contribution is -2.10. The molecule has 150 valence electrons. The highest BCUT2D eigenvalue weighted by atomic mass is 16.1. The molecule has 0 saturated heterocycles. The number of aldehydes is 1. The average molecular weight is 396 g/mol. The summed E-state index contributed by atoms with van der Waals surface area (Å²) in [6, 6.07) is 18.6. The van der Waals surface area contributed by atoms with Crippen LogP contribution in [0, 0.1) is 12.8 Å². The molecule has 0 bridgehead atoms. The number of benzene rings is 2. The zero-order valence-electron chi connectivity index (χ0n) is 17.2. The second-order valence-corrected chi connectivity index (χ2v) is 7.55. The Labute approximate surface area is 176 Å². The van der Waals surface area contributed by atoms with E-state index in [2.05, 4.69) is 64.7 Å². The van der Waals surface area contributed by atoms with Gasteiger partial charge in [0.15, 0.2) is 0 Å². The number of aryl methyl sites for hydroxylation is 1. The van der Waals surface area contributed by atoms with Crippen molar-refractivity contribution in [1.82, 2.24) is 15.0 Å². The number of anilines is 1. The van der Waals surface area contributed by atoms with Gasteiger partial charge in [0.25, 0.3) is 0 Å². The van der Waals surface area contributed by atoms with E-state index in [1.165, 1.54) is 11.1 Å². The van der Waals surface area contributed by atoms with Crippen molar-refractivity contribution in [2.45, 2.75) is 26.8 Å². The summed E-state index contributed by atoms with van der Waals surface area (Å²) < 4.78 is 0. The van der Waals surface area contributed by atoms with E-state index in [0.717, 1.165) is 34.1 Å². The van der Waals surface area contributed by atoms with Crippen molar-refractivity contribution in [2.75, 3.05) is 5.32 Å². The van der Waals surface area contributed by atoms with E-state index in [1.807, 2.05) is 13.0 Å². The Bertz CT molecular complexity index is 1170. The van der Waals surface area contributed by atoms with Gasteiger partial charge in [-0.3, -0.25) is 0 Å². The van der Waals surface area contributed by atoms with Crippen LogP contribution in [0.2, 0.25) is 0 Å². The first-order valence-corrected chi connectivity index (χ1v) is 10.1. The quantitative estimate of drug-likeness (QED) is 0.446. The molecule has 0 aliphatic carbocycles. The SMILES string of the molecule is Cc1ccccc1-c1ccc2nc(NCc3ncccn3)c(C[C@@H](C)C=O)cc2c1. The van der Waals surface area contributed by atoms with Crippen molar-refractivity contribution in [2.24, 2.45) is 5.92 Å². The predicted molar refractivity (Wildman–Crippen MR) is 120 cm³/mol. The molecule has 2 heterocycles. The fourth-order valence-corrected chi connectivity index (χ4v) is 3.57. The maximum atomic E-state index is 11.3.